The molecule has 0 aliphatic heterocycles. The predicted molar refractivity (Wildman–Crippen MR) is 44.4 cm³/mol. The highest BCUT2D eigenvalue weighted by Crippen LogP contribution is 2.07. The molecule has 2 nitrogen and oxygen atoms in total. The standard InChI is InChI=1S/C9H10FNO/c1-11(2)9(12)7-5-3-4-6-8(7)10/h3-6H,1-2H3. The zero-order valence-corrected chi connectivity index (χ0v) is 7.04. The van der Waals surface area contributed by atoms with Gasteiger partial charge in [-0.25, -0.2) is 4.39 Å². The van der Waals surface area contributed by atoms with Gasteiger partial charge in [-0.05, 0) is 12.1 Å². The van der Waals surface area contributed by atoms with Gasteiger partial charge >= 0.3 is 0 Å². The topological polar surface area (TPSA) is 20.3 Å². The Kier molecular flexibility index (Phi) is 2.43. The summed E-state index contributed by atoms with van der Waals surface area (Å²) in [5.41, 5.74) is 0.113. The number of hydrogen-bond donors (Lipinski definition) is 0. The van der Waals surface area contributed by atoms with Crippen LogP contribution in [0.5, 0.6) is 0 Å². The fraction of sp³-hybridized carbons (Fsp3) is 0.222. The van der Waals surface area contributed by atoms with E-state index in [-0.39, 0.29) is 11.5 Å². The minimum Gasteiger partial charge on any atom is -0.345 e. The Morgan fingerprint density at radius 3 is 2.42 bits per heavy atom. The Bertz CT molecular complexity index is 296. The molecular formula is C9H10FNO. The van der Waals surface area contributed by atoms with E-state index in [1.807, 2.05) is 0 Å². The Labute approximate surface area is 70.6 Å². The minimum atomic E-state index is -0.476. The molecule has 0 N–H and O–H groups in total. The van der Waals surface area contributed by atoms with Gasteiger partial charge < -0.3 is 4.90 Å². The normalized spacial score (nSPS) is 9.58. The van der Waals surface area contributed by atoms with Crippen molar-refractivity contribution in [3.05, 3.63) is 35.6 Å². The summed E-state index contributed by atoms with van der Waals surface area (Å²) in [4.78, 5) is 12.6. The van der Waals surface area contributed by atoms with Gasteiger partial charge in [0.1, 0.15) is 5.82 Å². The van der Waals surface area contributed by atoms with E-state index in [2.05, 4.69) is 0 Å². The summed E-state index contributed by atoms with van der Waals surface area (Å²) in [6, 6.07) is 5.94. The van der Waals surface area contributed by atoms with E-state index in [4.69, 9.17) is 0 Å². The Balaban J connectivity index is 3.03. The molecule has 0 saturated heterocycles. The fourth-order valence-corrected chi connectivity index (χ4v) is 0.876. The number of carbonyl (C=O) groups excluding carboxylic acids is 1. The van der Waals surface area contributed by atoms with Crippen molar-refractivity contribution in [2.45, 2.75) is 0 Å². The van der Waals surface area contributed by atoms with Crippen molar-refractivity contribution in [1.29, 1.82) is 0 Å². The summed E-state index contributed by atoms with van der Waals surface area (Å²) in [5, 5.41) is 0. The van der Waals surface area contributed by atoms with Crippen molar-refractivity contribution in [3.63, 3.8) is 0 Å². The zero-order chi connectivity index (χ0) is 9.14. The smallest absolute Gasteiger partial charge is 0.256 e. The number of rotatable bonds is 1. The van der Waals surface area contributed by atoms with Crippen LogP contribution in [-0.4, -0.2) is 24.9 Å². The first-order chi connectivity index (χ1) is 5.63. The number of hydrogen-bond acceptors (Lipinski definition) is 1. The second kappa shape index (κ2) is 3.34. The molecule has 0 spiro atoms. The SMILES string of the molecule is CN(C)C(=O)c1ccccc1F. The van der Waals surface area contributed by atoms with Crippen LogP contribution in [0.2, 0.25) is 0 Å². The maximum Gasteiger partial charge on any atom is 0.256 e. The monoisotopic (exact) mass is 167 g/mol. The quantitative estimate of drug-likeness (QED) is 0.621. The molecule has 0 aromatic heterocycles. The van der Waals surface area contributed by atoms with Crippen LogP contribution in [-0.2, 0) is 0 Å². The largest absolute Gasteiger partial charge is 0.345 e. The molecule has 12 heavy (non-hydrogen) atoms. The maximum atomic E-state index is 13.0. The lowest BCUT2D eigenvalue weighted by Crippen LogP contribution is -2.22. The first kappa shape index (κ1) is 8.71. The lowest BCUT2D eigenvalue weighted by atomic mass is 10.2. The van der Waals surface area contributed by atoms with Crippen molar-refractivity contribution in [2.24, 2.45) is 0 Å². The molecule has 64 valence electrons. The fourth-order valence-electron chi connectivity index (χ4n) is 0.876. The second-order valence-corrected chi connectivity index (χ2v) is 2.68. The molecule has 0 atom stereocenters. The second-order valence-electron chi connectivity index (χ2n) is 2.68. The molecule has 0 bridgehead atoms. The van der Waals surface area contributed by atoms with Crippen molar-refractivity contribution in [1.82, 2.24) is 4.90 Å². The summed E-state index contributed by atoms with van der Waals surface area (Å²) in [6.07, 6.45) is 0. The van der Waals surface area contributed by atoms with Gasteiger partial charge in [-0.1, -0.05) is 12.1 Å². The van der Waals surface area contributed by atoms with Crippen LogP contribution in [0.4, 0.5) is 4.39 Å². The summed E-state index contributed by atoms with van der Waals surface area (Å²) in [6.45, 7) is 0. The average Bonchev–Trinajstić information content (AvgIpc) is 2.04. The Morgan fingerprint density at radius 1 is 1.33 bits per heavy atom. The van der Waals surface area contributed by atoms with Crippen molar-refractivity contribution < 1.29 is 9.18 Å². The van der Waals surface area contributed by atoms with Gasteiger partial charge in [-0.15, -0.1) is 0 Å². The molecular weight excluding hydrogens is 157 g/mol. The van der Waals surface area contributed by atoms with E-state index >= 15 is 0 Å². The molecule has 3 heteroatoms. The summed E-state index contributed by atoms with van der Waals surface area (Å²) in [5.74, 6) is -0.788. The Hall–Kier alpha value is -1.38. The van der Waals surface area contributed by atoms with E-state index in [9.17, 15) is 9.18 Å². The number of benzene rings is 1. The van der Waals surface area contributed by atoms with E-state index in [1.54, 1.807) is 26.2 Å². The molecule has 1 aromatic carbocycles. The third-order valence-electron chi connectivity index (χ3n) is 1.51. The van der Waals surface area contributed by atoms with E-state index in [0.717, 1.165) is 0 Å². The van der Waals surface area contributed by atoms with Gasteiger partial charge in [0, 0.05) is 14.1 Å². The van der Waals surface area contributed by atoms with E-state index in [1.165, 1.54) is 17.0 Å². The van der Waals surface area contributed by atoms with Crippen LogP contribution >= 0.6 is 0 Å². The third-order valence-corrected chi connectivity index (χ3v) is 1.51. The van der Waals surface area contributed by atoms with E-state index in [0.29, 0.717) is 0 Å². The first-order valence-corrected chi connectivity index (χ1v) is 3.59. The molecule has 0 fully saturated rings. The third kappa shape index (κ3) is 1.61. The molecule has 0 aliphatic carbocycles. The molecule has 1 rings (SSSR count). The molecule has 0 unspecified atom stereocenters. The first-order valence-electron chi connectivity index (χ1n) is 3.59. The minimum absolute atomic E-state index is 0.113. The number of carbonyl (C=O) groups is 1. The predicted octanol–water partition coefficient (Wildman–Crippen LogP) is 1.53. The summed E-state index contributed by atoms with van der Waals surface area (Å²) >= 11 is 0. The highest BCUT2D eigenvalue weighted by molar-refractivity contribution is 5.94. The molecule has 1 aromatic rings. The maximum absolute atomic E-state index is 13.0. The lowest BCUT2D eigenvalue weighted by Gasteiger charge is -2.09. The van der Waals surface area contributed by atoms with Gasteiger partial charge in [0.25, 0.3) is 5.91 Å². The van der Waals surface area contributed by atoms with E-state index < -0.39 is 5.82 Å². The summed E-state index contributed by atoms with van der Waals surface area (Å²) in [7, 11) is 3.18. The van der Waals surface area contributed by atoms with Crippen molar-refractivity contribution in [3.8, 4) is 0 Å². The van der Waals surface area contributed by atoms with Crippen LogP contribution in [0.3, 0.4) is 0 Å². The molecule has 1 amide bonds. The summed E-state index contributed by atoms with van der Waals surface area (Å²) < 4.78 is 13.0. The molecule has 0 radical (unpaired) electrons. The van der Waals surface area contributed by atoms with Crippen LogP contribution < -0.4 is 0 Å². The highest BCUT2D eigenvalue weighted by Gasteiger charge is 2.11. The van der Waals surface area contributed by atoms with Crippen LogP contribution in [0.15, 0.2) is 24.3 Å². The van der Waals surface area contributed by atoms with Gasteiger partial charge in [0.15, 0.2) is 0 Å². The number of nitrogens with zero attached hydrogens (tertiary/aromatic N) is 1. The van der Waals surface area contributed by atoms with Gasteiger partial charge in [0.2, 0.25) is 0 Å². The van der Waals surface area contributed by atoms with Crippen LogP contribution in [0.25, 0.3) is 0 Å². The molecule has 0 saturated carbocycles. The van der Waals surface area contributed by atoms with Crippen molar-refractivity contribution in [2.75, 3.05) is 14.1 Å². The van der Waals surface area contributed by atoms with Crippen molar-refractivity contribution >= 4 is 5.91 Å². The highest BCUT2D eigenvalue weighted by atomic mass is 19.1. The number of halogens is 1. The number of amides is 1. The lowest BCUT2D eigenvalue weighted by molar-refractivity contribution is 0.0823. The molecule has 0 aliphatic rings. The van der Waals surface area contributed by atoms with Crippen LogP contribution in [0.1, 0.15) is 10.4 Å². The average molecular weight is 167 g/mol. The van der Waals surface area contributed by atoms with Gasteiger partial charge in [0.05, 0.1) is 5.56 Å². The van der Waals surface area contributed by atoms with Gasteiger partial charge in [-0.3, -0.25) is 4.79 Å². The van der Waals surface area contributed by atoms with Crippen LogP contribution in [0, 0.1) is 5.82 Å². The Morgan fingerprint density at radius 2 is 1.92 bits per heavy atom. The zero-order valence-electron chi connectivity index (χ0n) is 7.04. The van der Waals surface area contributed by atoms with Gasteiger partial charge in [-0.2, -0.15) is 0 Å². The molecule has 0 heterocycles.